The van der Waals surface area contributed by atoms with Crippen LogP contribution in [0.25, 0.3) is 11.8 Å². The maximum atomic E-state index is 13.5. The summed E-state index contributed by atoms with van der Waals surface area (Å²) in [5.41, 5.74) is 2.20. The highest BCUT2D eigenvalue weighted by Crippen LogP contribution is 2.21. The fourth-order valence-electron chi connectivity index (χ4n) is 4.18. The predicted molar refractivity (Wildman–Crippen MR) is 141 cm³/mol. The quantitative estimate of drug-likeness (QED) is 0.267. The Kier molecular flexibility index (Phi) is 6.85. The van der Waals surface area contributed by atoms with Crippen molar-refractivity contribution in [1.82, 2.24) is 20.0 Å². The minimum atomic E-state index is -0.604. The molecule has 3 aromatic carbocycles. The molecule has 0 unspecified atom stereocenters. The molecule has 1 aliphatic rings. The molecule has 38 heavy (non-hydrogen) atoms. The van der Waals surface area contributed by atoms with Crippen LogP contribution >= 0.6 is 11.6 Å². The third-order valence-electron chi connectivity index (χ3n) is 6.11. The molecule has 4 aromatic rings. The van der Waals surface area contributed by atoms with Crippen molar-refractivity contribution >= 4 is 29.6 Å². The van der Waals surface area contributed by atoms with Crippen LogP contribution in [0.2, 0.25) is 5.02 Å². The van der Waals surface area contributed by atoms with Gasteiger partial charge in [0.15, 0.2) is 0 Å². The first kappa shape index (κ1) is 25.0. The molecule has 10 heteroatoms. The zero-order chi connectivity index (χ0) is 26.8. The number of aromatic nitrogens is 2. The van der Waals surface area contributed by atoms with Crippen molar-refractivity contribution in [2.45, 2.75) is 13.0 Å². The molecule has 1 aromatic heterocycles. The molecule has 1 saturated heterocycles. The second kappa shape index (κ2) is 10.4. The lowest BCUT2D eigenvalue weighted by atomic mass is 10.1. The Balaban J connectivity index is 1.52. The van der Waals surface area contributed by atoms with Gasteiger partial charge >= 0.3 is 6.03 Å². The smallest absolute Gasteiger partial charge is 0.329 e. The molecule has 0 atom stereocenters. The van der Waals surface area contributed by atoms with Crippen LogP contribution in [-0.4, -0.2) is 33.7 Å². The molecule has 0 bridgehead atoms. The van der Waals surface area contributed by atoms with E-state index in [1.807, 2.05) is 0 Å². The number of urea groups is 1. The molecule has 8 nitrogen and oxygen atoms in total. The first-order chi connectivity index (χ1) is 18.3. The van der Waals surface area contributed by atoms with Gasteiger partial charge in [0.05, 0.1) is 24.9 Å². The summed E-state index contributed by atoms with van der Waals surface area (Å²) < 4.78 is 20.0. The fraction of sp³-hybridized carbons (Fsp3) is 0.107. The fourth-order valence-corrected chi connectivity index (χ4v) is 4.39. The summed E-state index contributed by atoms with van der Waals surface area (Å²) in [4.78, 5) is 40.3. The molecular formula is C28H22ClFN4O4. The first-order valence-electron chi connectivity index (χ1n) is 11.6. The van der Waals surface area contributed by atoms with E-state index in [1.165, 1.54) is 22.9 Å². The van der Waals surface area contributed by atoms with Crippen molar-refractivity contribution in [2.75, 3.05) is 7.11 Å². The molecule has 1 aliphatic heterocycles. The van der Waals surface area contributed by atoms with Crippen LogP contribution in [0.4, 0.5) is 9.18 Å². The number of carbonyl (C=O) groups excluding carboxylic acids is 2. The van der Waals surface area contributed by atoms with E-state index in [9.17, 15) is 18.8 Å². The maximum Gasteiger partial charge on any atom is 0.329 e. The molecular weight excluding hydrogens is 511 g/mol. The molecule has 3 amide bonds. The third-order valence-corrected chi connectivity index (χ3v) is 6.35. The summed E-state index contributed by atoms with van der Waals surface area (Å²) in [5.74, 6) is -0.319. The van der Waals surface area contributed by atoms with Gasteiger partial charge in [0.25, 0.3) is 11.5 Å². The number of ether oxygens (including phenoxy) is 1. The first-order valence-corrected chi connectivity index (χ1v) is 12.0. The molecule has 0 spiro atoms. The summed E-state index contributed by atoms with van der Waals surface area (Å²) in [6, 6.07) is 19.0. The molecule has 1 fully saturated rings. The average molecular weight is 533 g/mol. The van der Waals surface area contributed by atoms with Crippen molar-refractivity contribution in [3.8, 4) is 11.4 Å². The topological polar surface area (TPSA) is 96.4 Å². The molecule has 0 radical (unpaired) electrons. The highest BCUT2D eigenvalue weighted by atomic mass is 35.5. The Labute approximate surface area is 221 Å². The predicted octanol–water partition coefficient (Wildman–Crippen LogP) is 4.65. The van der Waals surface area contributed by atoms with Gasteiger partial charge in [-0.15, -0.1) is 0 Å². The van der Waals surface area contributed by atoms with E-state index in [1.54, 1.807) is 67.8 Å². The van der Waals surface area contributed by atoms with Crippen molar-refractivity contribution in [3.05, 3.63) is 122 Å². The number of hydrogen-bond acceptors (Lipinski definition) is 4. The molecule has 2 heterocycles. The summed E-state index contributed by atoms with van der Waals surface area (Å²) in [6.45, 7) is 0.0220. The number of H-pyrrole nitrogens is 1. The van der Waals surface area contributed by atoms with Crippen LogP contribution in [0.15, 0.2) is 83.3 Å². The van der Waals surface area contributed by atoms with Crippen LogP contribution in [-0.2, 0) is 17.8 Å². The number of benzene rings is 3. The standard InChI is InChI=1S/C28H22ClFN4O4/c1-38-22-11-9-21(10-12-22)34-26(35)23(24(32-34)14-17-5-7-20(30)8-6-17)15-25-27(36)33(28(37)31-25)16-18-3-2-4-19(29)13-18/h2-13,15,32H,14,16H2,1H3,(H,31,37). The molecule has 2 N–H and O–H groups in total. The number of hydrogen-bond donors (Lipinski definition) is 2. The highest BCUT2D eigenvalue weighted by Gasteiger charge is 2.34. The number of amides is 3. The monoisotopic (exact) mass is 532 g/mol. The Morgan fingerprint density at radius 2 is 1.71 bits per heavy atom. The largest absolute Gasteiger partial charge is 0.497 e. The Hall–Kier alpha value is -4.63. The maximum absolute atomic E-state index is 13.5. The number of carbonyl (C=O) groups is 2. The van der Waals surface area contributed by atoms with E-state index >= 15 is 0 Å². The van der Waals surface area contributed by atoms with Gasteiger partial charge in [0, 0.05) is 17.1 Å². The molecule has 0 saturated carbocycles. The van der Waals surface area contributed by atoms with Crippen LogP contribution in [0.1, 0.15) is 22.4 Å². The zero-order valence-electron chi connectivity index (χ0n) is 20.2. The Morgan fingerprint density at radius 1 is 0.974 bits per heavy atom. The number of aromatic amines is 1. The normalized spacial score (nSPS) is 14.3. The second-order valence-electron chi connectivity index (χ2n) is 8.66. The van der Waals surface area contributed by atoms with Gasteiger partial charge in [-0.3, -0.25) is 19.6 Å². The minimum absolute atomic E-state index is 0.0220. The van der Waals surface area contributed by atoms with Gasteiger partial charge in [0.1, 0.15) is 17.3 Å². The van der Waals surface area contributed by atoms with E-state index in [-0.39, 0.29) is 30.0 Å². The number of halogens is 2. The lowest BCUT2D eigenvalue weighted by Crippen LogP contribution is -2.30. The number of rotatable bonds is 7. The van der Waals surface area contributed by atoms with Crippen LogP contribution in [0, 0.1) is 5.82 Å². The molecule has 0 aliphatic carbocycles. The molecule has 5 rings (SSSR count). The summed E-state index contributed by atoms with van der Waals surface area (Å²) in [6.07, 6.45) is 1.63. The minimum Gasteiger partial charge on any atom is -0.497 e. The summed E-state index contributed by atoms with van der Waals surface area (Å²) >= 11 is 6.04. The number of nitrogens with zero attached hydrogens (tertiary/aromatic N) is 2. The lowest BCUT2D eigenvalue weighted by Gasteiger charge is -2.11. The summed E-state index contributed by atoms with van der Waals surface area (Å²) in [5, 5.41) is 6.15. The van der Waals surface area contributed by atoms with Gasteiger partial charge < -0.3 is 10.1 Å². The van der Waals surface area contributed by atoms with E-state index in [0.29, 0.717) is 27.7 Å². The SMILES string of the molecule is COc1ccc(-n2[nH]c(Cc3ccc(F)cc3)c(C=C3NC(=O)N(Cc4cccc(Cl)c4)C3=O)c2=O)cc1. The average Bonchev–Trinajstić information content (AvgIpc) is 3.36. The van der Waals surface area contributed by atoms with E-state index < -0.39 is 17.5 Å². The van der Waals surface area contributed by atoms with Crippen LogP contribution < -0.4 is 15.6 Å². The third kappa shape index (κ3) is 5.09. The van der Waals surface area contributed by atoms with Crippen molar-refractivity contribution < 1.29 is 18.7 Å². The van der Waals surface area contributed by atoms with Gasteiger partial charge in [0.2, 0.25) is 0 Å². The zero-order valence-corrected chi connectivity index (χ0v) is 21.0. The van der Waals surface area contributed by atoms with Crippen LogP contribution in [0.3, 0.4) is 0 Å². The Bertz CT molecular complexity index is 1610. The number of imide groups is 1. The number of nitrogens with one attached hydrogen (secondary N) is 2. The lowest BCUT2D eigenvalue weighted by molar-refractivity contribution is -0.123. The van der Waals surface area contributed by atoms with Crippen molar-refractivity contribution in [3.63, 3.8) is 0 Å². The summed E-state index contributed by atoms with van der Waals surface area (Å²) in [7, 11) is 1.55. The van der Waals surface area contributed by atoms with Gasteiger partial charge in [-0.25, -0.2) is 13.9 Å². The van der Waals surface area contributed by atoms with Crippen LogP contribution in [0.5, 0.6) is 5.75 Å². The van der Waals surface area contributed by atoms with Gasteiger partial charge in [-0.2, -0.15) is 0 Å². The molecule has 192 valence electrons. The number of methoxy groups -OCH3 is 1. The highest BCUT2D eigenvalue weighted by molar-refractivity contribution is 6.30. The second-order valence-corrected chi connectivity index (χ2v) is 9.09. The van der Waals surface area contributed by atoms with E-state index in [4.69, 9.17) is 16.3 Å². The Morgan fingerprint density at radius 3 is 2.39 bits per heavy atom. The van der Waals surface area contributed by atoms with Gasteiger partial charge in [-0.1, -0.05) is 35.9 Å². The van der Waals surface area contributed by atoms with E-state index in [0.717, 1.165) is 10.5 Å². The van der Waals surface area contributed by atoms with Crippen molar-refractivity contribution in [2.24, 2.45) is 0 Å². The van der Waals surface area contributed by atoms with Crippen molar-refractivity contribution in [1.29, 1.82) is 0 Å². The van der Waals surface area contributed by atoms with Gasteiger partial charge in [-0.05, 0) is 65.7 Å². The van der Waals surface area contributed by atoms with E-state index in [2.05, 4.69) is 10.4 Å².